The monoisotopic (exact) mass is 374 g/mol. The first-order chi connectivity index (χ1) is 12.8. The Kier molecular flexibility index (Phi) is 5.27. The number of carbonyl (C=O) groups is 1. The van der Waals surface area contributed by atoms with Crippen molar-refractivity contribution in [1.29, 1.82) is 0 Å². The zero-order chi connectivity index (χ0) is 19.6. The Balaban J connectivity index is 1.88. The minimum absolute atomic E-state index is 0.126. The lowest BCUT2D eigenvalue weighted by Gasteiger charge is -2.35. The number of H-pyrrole nitrogens is 1. The lowest BCUT2D eigenvalue weighted by atomic mass is 9.94. The minimum Gasteiger partial charge on any atom is -0.501 e. The normalized spacial score (nSPS) is 15.9. The van der Waals surface area contributed by atoms with Crippen molar-refractivity contribution in [2.24, 2.45) is 0 Å². The van der Waals surface area contributed by atoms with E-state index < -0.39 is 22.8 Å². The topological polar surface area (TPSA) is 98.3 Å². The van der Waals surface area contributed by atoms with Gasteiger partial charge in [-0.1, -0.05) is 25.0 Å². The SMILES string of the molecule is CN(C)C1(c2nc(C(=O)NCc3ccc(F)cc3)c(O)c(=O)[nH]2)CCCC1. The zero-order valence-electron chi connectivity index (χ0n) is 15.4. The number of aromatic nitrogens is 2. The van der Waals surface area contributed by atoms with Crippen molar-refractivity contribution in [2.45, 2.75) is 37.8 Å². The fourth-order valence-corrected chi connectivity index (χ4v) is 3.57. The molecule has 0 atom stereocenters. The van der Waals surface area contributed by atoms with Crippen LogP contribution in [0.5, 0.6) is 5.75 Å². The largest absolute Gasteiger partial charge is 0.501 e. The van der Waals surface area contributed by atoms with Crippen LogP contribution in [0.2, 0.25) is 0 Å². The number of rotatable bonds is 5. The highest BCUT2D eigenvalue weighted by molar-refractivity contribution is 5.94. The van der Waals surface area contributed by atoms with Gasteiger partial charge in [-0.15, -0.1) is 0 Å². The summed E-state index contributed by atoms with van der Waals surface area (Å²) in [6.45, 7) is 0.126. The van der Waals surface area contributed by atoms with Crippen molar-refractivity contribution >= 4 is 5.91 Å². The molecule has 1 aliphatic carbocycles. The Bertz CT molecular complexity index is 887. The summed E-state index contributed by atoms with van der Waals surface area (Å²) in [6.07, 6.45) is 3.61. The number of carbonyl (C=O) groups excluding carboxylic acids is 1. The Morgan fingerprint density at radius 3 is 2.52 bits per heavy atom. The molecule has 1 fully saturated rings. The van der Waals surface area contributed by atoms with Crippen LogP contribution in [0.4, 0.5) is 4.39 Å². The summed E-state index contributed by atoms with van der Waals surface area (Å²) in [7, 11) is 3.82. The second-order valence-corrected chi connectivity index (χ2v) is 7.05. The number of benzene rings is 1. The van der Waals surface area contributed by atoms with Crippen LogP contribution in [0.3, 0.4) is 0 Å². The van der Waals surface area contributed by atoms with Gasteiger partial charge in [-0.05, 0) is 44.6 Å². The molecule has 27 heavy (non-hydrogen) atoms. The molecule has 0 spiro atoms. The molecule has 1 aliphatic rings. The number of nitrogens with zero attached hydrogens (tertiary/aromatic N) is 2. The van der Waals surface area contributed by atoms with E-state index in [9.17, 15) is 19.1 Å². The molecule has 144 valence electrons. The first kappa shape index (κ1) is 19.0. The fourth-order valence-electron chi connectivity index (χ4n) is 3.57. The molecule has 3 N–H and O–H groups in total. The average Bonchev–Trinajstić information content (AvgIpc) is 3.14. The summed E-state index contributed by atoms with van der Waals surface area (Å²) in [5, 5.41) is 12.7. The van der Waals surface area contributed by atoms with Crippen LogP contribution in [0, 0.1) is 5.82 Å². The van der Waals surface area contributed by atoms with Gasteiger partial charge in [0.15, 0.2) is 5.69 Å². The van der Waals surface area contributed by atoms with Gasteiger partial charge in [0, 0.05) is 6.54 Å². The predicted molar refractivity (Wildman–Crippen MR) is 97.9 cm³/mol. The third-order valence-electron chi connectivity index (χ3n) is 5.20. The number of amides is 1. The van der Waals surface area contributed by atoms with E-state index in [1.54, 1.807) is 12.1 Å². The molecule has 1 aromatic heterocycles. The predicted octanol–water partition coefficient (Wildman–Crippen LogP) is 1.88. The Morgan fingerprint density at radius 2 is 1.93 bits per heavy atom. The maximum absolute atomic E-state index is 13.0. The van der Waals surface area contributed by atoms with Gasteiger partial charge in [-0.2, -0.15) is 0 Å². The maximum Gasteiger partial charge on any atom is 0.293 e. The van der Waals surface area contributed by atoms with E-state index in [2.05, 4.69) is 15.3 Å². The van der Waals surface area contributed by atoms with E-state index in [1.807, 2.05) is 19.0 Å². The van der Waals surface area contributed by atoms with E-state index in [1.165, 1.54) is 12.1 Å². The molecule has 1 amide bonds. The third-order valence-corrected chi connectivity index (χ3v) is 5.20. The third kappa shape index (κ3) is 3.71. The van der Waals surface area contributed by atoms with E-state index in [0.29, 0.717) is 11.4 Å². The molecule has 0 radical (unpaired) electrons. The average molecular weight is 374 g/mol. The van der Waals surface area contributed by atoms with Crippen molar-refractivity contribution in [3.8, 4) is 5.75 Å². The van der Waals surface area contributed by atoms with Crippen LogP contribution in [0.25, 0.3) is 0 Å². The molecule has 2 aromatic rings. The van der Waals surface area contributed by atoms with Crippen LogP contribution in [0.15, 0.2) is 29.1 Å². The molecule has 8 heteroatoms. The molecule has 1 aromatic carbocycles. The highest BCUT2D eigenvalue weighted by atomic mass is 19.1. The minimum atomic E-state index is -0.736. The second kappa shape index (κ2) is 7.48. The van der Waals surface area contributed by atoms with Gasteiger partial charge in [-0.25, -0.2) is 9.37 Å². The van der Waals surface area contributed by atoms with Gasteiger partial charge in [0.05, 0.1) is 5.54 Å². The number of aromatic amines is 1. The van der Waals surface area contributed by atoms with Gasteiger partial charge in [0.2, 0.25) is 5.75 Å². The van der Waals surface area contributed by atoms with Crippen molar-refractivity contribution in [2.75, 3.05) is 14.1 Å². The summed E-state index contributed by atoms with van der Waals surface area (Å²) >= 11 is 0. The number of hydrogen-bond donors (Lipinski definition) is 3. The van der Waals surface area contributed by atoms with E-state index in [-0.39, 0.29) is 18.1 Å². The van der Waals surface area contributed by atoms with Crippen molar-refractivity contribution < 1.29 is 14.3 Å². The van der Waals surface area contributed by atoms with Crippen LogP contribution < -0.4 is 10.9 Å². The molecule has 0 bridgehead atoms. The molecule has 0 unspecified atom stereocenters. The standard InChI is InChI=1S/C19H23FN4O3/c1-24(2)19(9-3-4-10-19)18-22-14(15(25)17(27)23-18)16(26)21-11-12-5-7-13(20)8-6-12/h5-8,25H,3-4,9-11H2,1-2H3,(H,21,26)(H,22,23,27). The van der Waals surface area contributed by atoms with Crippen LogP contribution in [-0.2, 0) is 12.1 Å². The highest BCUT2D eigenvalue weighted by Gasteiger charge is 2.41. The van der Waals surface area contributed by atoms with Crippen LogP contribution in [-0.4, -0.2) is 40.0 Å². The van der Waals surface area contributed by atoms with E-state index >= 15 is 0 Å². The highest BCUT2D eigenvalue weighted by Crippen LogP contribution is 2.40. The number of hydrogen-bond acceptors (Lipinski definition) is 5. The summed E-state index contributed by atoms with van der Waals surface area (Å²) in [5.74, 6) is -1.34. The van der Waals surface area contributed by atoms with Gasteiger partial charge >= 0.3 is 0 Å². The van der Waals surface area contributed by atoms with E-state index in [4.69, 9.17) is 0 Å². The van der Waals surface area contributed by atoms with Gasteiger partial charge in [0.25, 0.3) is 11.5 Å². The molecule has 1 heterocycles. The molecular formula is C19H23FN4O3. The molecule has 0 aliphatic heterocycles. The van der Waals surface area contributed by atoms with Gasteiger partial charge < -0.3 is 15.4 Å². The molecule has 0 saturated heterocycles. The summed E-state index contributed by atoms with van der Waals surface area (Å²) in [4.78, 5) is 33.7. The lowest BCUT2D eigenvalue weighted by molar-refractivity contribution is 0.0938. The summed E-state index contributed by atoms with van der Waals surface area (Å²) < 4.78 is 13.0. The Labute approximate surface area is 156 Å². The summed E-state index contributed by atoms with van der Waals surface area (Å²) in [5.41, 5.74) is -0.808. The number of aromatic hydroxyl groups is 1. The molecule has 1 saturated carbocycles. The van der Waals surface area contributed by atoms with Crippen LogP contribution >= 0.6 is 0 Å². The molecule has 3 rings (SSSR count). The van der Waals surface area contributed by atoms with E-state index in [0.717, 1.165) is 25.7 Å². The fraction of sp³-hybridized carbons (Fsp3) is 0.421. The summed E-state index contributed by atoms with van der Waals surface area (Å²) in [6, 6.07) is 5.68. The first-order valence-electron chi connectivity index (χ1n) is 8.87. The quantitative estimate of drug-likeness (QED) is 0.742. The van der Waals surface area contributed by atoms with Crippen molar-refractivity contribution in [1.82, 2.24) is 20.2 Å². The molecule has 7 nitrogen and oxygen atoms in total. The smallest absolute Gasteiger partial charge is 0.293 e. The second-order valence-electron chi connectivity index (χ2n) is 7.05. The Morgan fingerprint density at radius 1 is 1.30 bits per heavy atom. The van der Waals surface area contributed by atoms with Crippen molar-refractivity contribution in [3.63, 3.8) is 0 Å². The number of halogens is 1. The maximum atomic E-state index is 13.0. The van der Waals surface area contributed by atoms with Gasteiger partial charge in [-0.3, -0.25) is 14.5 Å². The lowest BCUT2D eigenvalue weighted by Crippen LogP contribution is -2.42. The number of nitrogens with one attached hydrogen (secondary N) is 2. The van der Waals surface area contributed by atoms with Crippen LogP contribution in [0.1, 0.15) is 47.6 Å². The zero-order valence-corrected chi connectivity index (χ0v) is 15.4. The van der Waals surface area contributed by atoms with Crippen molar-refractivity contribution in [3.05, 3.63) is 57.5 Å². The molecular weight excluding hydrogens is 351 g/mol. The Hall–Kier alpha value is -2.74. The first-order valence-corrected chi connectivity index (χ1v) is 8.87. The van der Waals surface area contributed by atoms with Gasteiger partial charge in [0.1, 0.15) is 11.6 Å².